The average Bonchev–Trinajstić information content (AvgIpc) is 2.37. The fourth-order valence-corrected chi connectivity index (χ4v) is 1.57. The van der Waals surface area contributed by atoms with Crippen LogP contribution in [0.25, 0.3) is 0 Å². The van der Waals surface area contributed by atoms with Gasteiger partial charge in [-0.15, -0.1) is 0 Å². The fourth-order valence-electron chi connectivity index (χ4n) is 1.57. The summed E-state index contributed by atoms with van der Waals surface area (Å²) >= 11 is 0. The molecule has 0 aliphatic rings. The Labute approximate surface area is 111 Å². The lowest BCUT2D eigenvalue weighted by atomic mass is 10.00. The summed E-state index contributed by atoms with van der Waals surface area (Å²) in [5.41, 5.74) is 0.885. The summed E-state index contributed by atoms with van der Waals surface area (Å²) in [7, 11) is 0. The summed E-state index contributed by atoms with van der Waals surface area (Å²) < 4.78 is 0. The number of aliphatic hydroxyl groups is 1. The molecule has 0 heterocycles. The van der Waals surface area contributed by atoms with E-state index in [-0.39, 0.29) is 13.0 Å². The zero-order valence-electron chi connectivity index (χ0n) is 10.7. The van der Waals surface area contributed by atoms with Crippen molar-refractivity contribution >= 4 is 11.7 Å². The second-order valence-corrected chi connectivity index (χ2v) is 4.28. The molecule has 19 heavy (non-hydrogen) atoms. The summed E-state index contributed by atoms with van der Waals surface area (Å²) in [5.74, 6) is -2.56. The number of Topliss-reactive ketones (excluding diaryl/α,β-unsaturated/α-hetero) is 1. The lowest BCUT2D eigenvalue weighted by molar-refractivity contribution is -0.132. The van der Waals surface area contributed by atoms with Crippen LogP contribution in [0.1, 0.15) is 18.9 Å². The molecule has 100 valence electrons. The van der Waals surface area contributed by atoms with Crippen LogP contribution in [0.3, 0.4) is 0 Å². The monoisotopic (exact) mass is 260 g/mol. The van der Waals surface area contributed by atoms with E-state index in [0.717, 1.165) is 5.56 Å². The van der Waals surface area contributed by atoms with Crippen molar-refractivity contribution in [2.24, 2.45) is 5.92 Å². The van der Waals surface area contributed by atoms with E-state index in [1.54, 1.807) is 6.07 Å². The van der Waals surface area contributed by atoms with Crippen LogP contribution in [0.4, 0.5) is 0 Å². The highest BCUT2D eigenvalue weighted by atomic mass is 16.3. The molecule has 0 saturated carbocycles. The van der Waals surface area contributed by atoms with Gasteiger partial charge in [0.25, 0.3) is 0 Å². The van der Waals surface area contributed by atoms with Crippen LogP contribution in [0.5, 0.6) is 0 Å². The molecule has 0 spiro atoms. The van der Waals surface area contributed by atoms with Crippen LogP contribution < -0.4 is 5.32 Å². The number of nitriles is 1. The van der Waals surface area contributed by atoms with Crippen LogP contribution in [-0.4, -0.2) is 22.9 Å². The molecule has 1 aromatic carbocycles. The van der Waals surface area contributed by atoms with Crippen LogP contribution in [0.15, 0.2) is 30.3 Å². The molecule has 2 N–H and O–H groups in total. The highest BCUT2D eigenvalue weighted by Crippen LogP contribution is 2.05. The van der Waals surface area contributed by atoms with Gasteiger partial charge in [0.15, 0.2) is 11.7 Å². The van der Waals surface area contributed by atoms with Gasteiger partial charge in [-0.1, -0.05) is 30.3 Å². The highest BCUT2D eigenvalue weighted by Gasteiger charge is 2.26. The topological polar surface area (TPSA) is 90.2 Å². The van der Waals surface area contributed by atoms with Crippen molar-refractivity contribution in [1.82, 2.24) is 5.32 Å². The summed E-state index contributed by atoms with van der Waals surface area (Å²) in [6, 6.07) is 10.9. The van der Waals surface area contributed by atoms with Crippen molar-refractivity contribution in [2.75, 3.05) is 0 Å². The molecular formula is C14H16N2O3. The second-order valence-electron chi connectivity index (χ2n) is 4.28. The van der Waals surface area contributed by atoms with Crippen molar-refractivity contribution in [2.45, 2.75) is 26.0 Å². The molecule has 2 atom stereocenters. The first kappa shape index (κ1) is 14.9. The Balaban J connectivity index is 2.56. The third-order valence-corrected chi connectivity index (χ3v) is 2.52. The number of amides is 1. The molecule has 0 radical (unpaired) electrons. The van der Waals surface area contributed by atoms with Gasteiger partial charge >= 0.3 is 0 Å². The maximum Gasteiger partial charge on any atom is 0.245 e. The van der Waals surface area contributed by atoms with E-state index in [1.165, 1.54) is 6.92 Å². The smallest absolute Gasteiger partial charge is 0.245 e. The van der Waals surface area contributed by atoms with Crippen molar-refractivity contribution < 1.29 is 14.7 Å². The first-order valence-electron chi connectivity index (χ1n) is 5.96. The van der Waals surface area contributed by atoms with Gasteiger partial charge in [0.2, 0.25) is 5.91 Å². The molecule has 0 aliphatic carbocycles. The van der Waals surface area contributed by atoms with E-state index in [9.17, 15) is 9.59 Å². The summed E-state index contributed by atoms with van der Waals surface area (Å²) in [4.78, 5) is 23.3. The number of hydrogen-bond acceptors (Lipinski definition) is 4. The maximum atomic E-state index is 11.7. The Morgan fingerprint density at radius 1 is 1.37 bits per heavy atom. The molecule has 1 rings (SSSR count). The Morgan fingerprint density at radius 2 is 2.00 bits per heavy atom. The van der Waals surface area contributed by atoms with Crippen molar-refractivity contribution in [1.29, 1.82) is 5.26 Å². The van der Waals surface area contributed by atoms with Gasteiger partial charge in [-0.25, -0.2) is 0 Å². The Morgan fingerprint density at radius 3 is 2.53 bits per heavy atom. The minimum atomic E-state index is -1.36. The number of ketones is 1. The molecule has 5 nitrogen and oxygen atoms in total. The van der Waals surface area contributed by atoms with Crippen LogP contribution >= 0.6 is 0 Å². The molecule has 1 aromatic rings. The largest absolute Gasteiger partial charge is 0.393 e. The minimum absolute atomic E-state index is 0.197. The van der Waals surface area contributed by atoms with E-state index in [2.05, 4.69) is 5.32 Å². The summed E-state index contributed by atoms with van der Waals surface area (Å²) in [6.07, 6.45) is -1.05. The van der Waals surface area contributed by atoms with Crippen molar-refractivity contribution in [3.05, 3.63) is 35.9 Å². The number of carbonyl (C=O) groups excluding carboxylic acids is 2. The number of nitrogens with one attached hydrogen (secondary N) is 1. The number of carbonyl (C=O) groups is 2. The molecule has 0 aliphatic heterocycles. The second kappa shape index (κ2) is 7.29. The number of rotatable bonds is 6. The number of benzene rings is 1. The minimum Gasteiger partial charge on any atom is -0.393 e. The lowest BCUT2D eigenvalue weighted by Crippen LogP contribution is -2.35. The van der Waals surface area contributed by atoms with Gasteiger partial charge in [-0.2, -0.15) is 5.26 Å². The van der Waals surface area contributed by atoms with Gasteiger partial charge in [0.1, 0.15) is 0 Å². The van der Waals surface area contributed by atoms with Gasteiger partial charge in [0, 0.05) is 13.0 Å². The third kappa shape index (κ3) is 4.90. The molecular weight excluding hydrogens is 244 g/mol. The van der Waals surface area contributed by atoms with Gasteiger partial charge in [0.05, 0.1) is 12.2 Å². The summed E-state index contributed by atoms with van der Waals surface area (Å²) in [5, 5.41) is 20.5. The van der Waals surface area contributed by atoms with Crippen LogP contribution in [0, 0.1) is 17.2 Å². The zero-order valence-corrected chi connectivity index (χ0v) is 10.7. The van der Waals surface area contributed by atoms with Gasteiger partial charge in [-0.3, -0.25) is 9.59 Å². The number of hydrogen-bond donors (Lipinski definition) is 2. The molecule has 2 unspecified atom stereocenters. The normalized spacial score (nSPS) is 13.1. The predicted molar refractivity (Wildman–Crippen MR) is 68.7 cm³/mol. The molecule has 0 aromatic heterocycles. The predicted octanol–water partition coefficient (Wildman–Crippen LogP) is 0.783. The average molecular weight is 260 g/mol. The quantitative estimate of drug-likeness (QED) is 0.740. The first-order chi connectivity index (χ1) is 9.04. The summed E-state index contributed by atoms with van der Waals surface area (Å²) in [6.45, 7) is 1.70. The Bertz CT molecular complexity index is 477. The highest BCUT2D eigenvalue weighted by molar-refractivity contribution is 6.04. The van der Waals surface area contributed by atoms with Crippen molar-refractivity contribution in [3.8, 4) is 6.07 Å². The van der Waals surface area contributed by atoms with E-state index < -0.39 is 23.7 Å². The van der Waals surface area contributed by atoms with E-state index in [0.29, 0.717) is 0 Å². The van der Waals surface area contributed by atoms with Gasteiger partial charge < -0.3 is 10.4 Å². The van der Waals surface area contributed by atoms with Crippen molar-refractivity contribution in [3.63, 3.8) is 0 Å². The SMILES string of the molecule is CC(O)CC(=O)C(C#N)C(=O)NCc1ccccc1. The standard InChI is InChI=1S/C14H16N2O3/c1-10(17)7-13(18)12(8-15)14(19)16-9-11-5-3-2-4-6-11/h2-6,10,12,17H,7,9H2,1H3,(H,16,19). The molecule has 0 fully saturated rings. The maximum absolute atomic E-state index is 11.7. The van der Waals surface area contributed by atoms with Crippen LogP contribution in [-0.2, 0) is 16.1 Å². The number of nitrogens with zero attached hydrogens (tertiary/aromatic N) is 1. The third-order valence-electron chi connectivity index (χ3n) is 2.52. The number of aliphatic hydroxyl groups excluding tert-OH is 1. The van der Waals surface area contributed by atoms with E-state index in [4.69, 9.17) is 10.4 Å². The van der Waals surface area contributed by atoms with E-state index >= 15 is 0 Å². The molecule has 0 saturated heterocycles. The van der Waals surface area contributed by atoms with E-state index in [1.807, 2.05) is 30.3 Å². The fraction of sp³-hybridized carbons (Fsp3) is 0.357. The molecule has 5 heteroatoms. The molecule has 1 amide bonds. The first-order valence-corrected chi connectivity index (χ1v) is 5.96. The zero-order chi connectivity index (χ0) is 14.3. The Kier molecular flexibility index (Phi) is 5.71. The van der Waals surface area contributed by atoms with Gasteiger partial charge in [-0.05, 0) is 12.5 Å². The van der Waals surface area contributed by atoms with Crippen LogP contribution in [0.2, 0.25) is 0 Å². The lowest BCUT2D eigenvalue weighted by Gasteiger charge is -2.10. The Hall–Kier alpha value is -2.19. The molecule has 0 bridgehead atoms.